The van der Waals surface area contributed by atoms with Crippen LogP contribution < -0.4 is 10.4 Å². The van der Waals surface area contributed by atoms with Crippen molar-refractivity contribution in [1.82, 2.24) is 0 Å². The highest BCUT2D eigenvalue weighted by molar-refractivity contribution is 6.92. The van der Waals surface area contributed by atoms with Crippen molar-refractivity contribution < 1.29 is 28.7 Å². The normalized spacial score (nSPS) is 25.4. The Morgan fingerprint density at radius 1 is 0.484 bits per heavy atom. The van der Waals surface area contributed by atoms with Gasteiger partial charge in [-0.1, -0.05) is 73.5 Å². The van der Waals surface area contributed by atoms with E-state index in [1.807, 2.05) is 60.7 Å². The Kier molecular flexibility index (Phi) is 6.25. The molecule has 0 unspecified atom stereocenters. The predicted molar refractivity (Wildman–Crippen MR) is 116 cm³/mol. The lowest BCUT2D eigenvalue weighted by Crippen LogP contribution is -2.64. The van der Waals surface area contributed by atoms with Crippen LogP contribution in [0.4, 0.5) is 0 Å². The molecule has 3 fully saturated rings. The van der Waals surface area contributed by atoms with Crippen LogP contribution in [0.5, 0.6) is 0 Å². The molecule has 2 aromatic carbocycles. The van der Waals surface area contributed by atoms with Crippen LogP contribution >= 0.6 is 0 Å². The Morgan fingerprint density at radius 2 is 0.871 bits per heavy atom. The maximum Gasteiger partial charge on any atom is 0.471 e. The van der Waals surface area contributed by atoms with Crippen molar-refractivity contribution in [2.24, 2.45) is 0 Å². The molecule has 6 nitrogen and oxygen atoms in total. The molecule has 2 saturated carbocycles. The summed E-state index contributed by atoms with van der Waals surface area (Å²) in [6, 6.07) is 19.9. The summed E-state index contributed by atoms with van der Waals surface area (Å²) < 4.78 is 12.7. The standard InChI is InChI=1S/C24H30O6Si/c1-5-13-21(14-6-1)31(22-15-7-2-8-16-22)29-27-23(17-9-3-10-18-23)25-26-24(28-30-31)19-11-4-12-20-24/h1-2,5-8,13-16H,3-4,9-12,17-20H2. The molecular weight excluding hydrogens is 412 g/mol. The van der Waals surface area contributed by atoms with Gasteiger partial charge in [-0.3, -0.25) is 0 Å². The number of benzene rings is 2. The molecule has 3 aliphatic rings. The van der Waals surface area contributed by atoms with Crippen LogP contribution in [0.15, 0.2) is 60.7 Å². The highest BCUT2D eigenvalue weighted by atomic mass is 28.4. The van der Waals surface area contributed by atoms with Crippen molar-refractivity contribution in [3.8, 4) is 0 Å². The second kappa shape index (κ2) is 9.11. The van der Waals surface area contributed by atoms with Crippen LogP contribution in [0.3, 0.4) is 0 Å². The monoisotopic (exact) mass is 442 g/mol. The zero-order chi connectivity index (χ0) is 21.0. The largest absolute Gasteiger partial charge is 0.471 e. The minimum atomic E-state index is -3.37. The zero-order valence-electron chi connectivity index (χ0n) is 17.8. The molecule has 0 bridgehead atoms. The fourth-order valence-electron chi connectivity index (χ4n) is 4.65. The fraction of sp³-hybridized carbons (Fsp3) is 0.500. The fourth-order valence-corrected chi connectivity index (χ4v) is 7.20. The van der Waals surface area contributed by atoms with Gasteiger partial charge in [0.1, 0.15) is 0 Å². The molecule has 2 aliphatic carbocycles. The smallest absolute Gasteiger partial charge is 0.234 e. The summed E-state index contributed by atoms with van der Waals surface area (Å²) in [6.07, 6.45) is 9.08. The maximum atomic E-state index is 6.34. The molecule has 0 radical (unpaired) electrons. The average molecular weight is 443 g/mol. The topological polar surface area (TPSA) is 55.4 Å². The third-order valence-corrected chi connectivity index (χ3v) is 9.33. The number of hydrogen-bond acceptors (Lipinski definition) is 6. The van der Waals surface area contributed by atoms with Crippen LogP contribution in [0.1, 0.15) is 64.2 Å². The quantitative estimate of drug-likeness (QED) is 0.507. The van der Waals surface area contributed by atoms with E-state index in [-0.39, 0.29) is 0 Å². The second-order valence-corrected chi connectivity index (χ2v) is 11.5. The Hall–Kier alpha value is -1.58. The van der Waals surface area contributed by atoms with Crippen molar-refractivity contribution in [3.63, 3.8) is 0 Å². The summed E-state index contributed by atoms with van der Waals surface area (Å²) >= 11 is 0. The molecule has 0 N–H and O–H groups in total. The lowest BCUT2D eigenvalue weighted by molar-refractivity contribution is -0.555. The van der Waals surface area contributed by atoms with Gasteiger partial charge in [-0.2, -0.15) is 9.78 Å². The molecular formula is C24H30O6Si. The predicted octanol–water partition coefficient (Wildman–Crippen LogP) is 4.42. The van der Waals surface area contributed by atoms with E-state index in [0.29, 0.717) is 25.7 Å². The molecule has 2 aromatic rings. The molecule has 0 aromatic heterocycles. The van der Waals surface area contributed by atoms with Crippen molar-refractivity contribution in [2.75, 3.05) is 0 Å². The van der Waals surface area contributed by atoms with E-state index >= 15 is 0 Å². The Balaban J connectivity index is 1.59. The Labute approximate surface area is 184 Å². The molecule has 0 amide bonds. The Bertz CT molecular complexity index is 762. The van der Waals surface area contributed by atoms with E-state index in [2.05, 4.69) is 0 Å². The van der Waals surface area contributed by atoms with Crippen LogP contribution in [0.25, 0.3) is 0 Å². The maximum absolute atomic E-state index is 6.34. The molecule has 31 heavy (non-hydrogen) atoms. The van der Waals surface area contributed by atoms with E-state index < -0.39 is 20.1 Å². The van der Waals surface area contributed by atoms with Gasteiger partial charge in [0.15, 0.2) is 0 Å². The molecule has 1 saturated heterocycles. The summed E-state index contributed by atoms with van der Waals surface area (Å²) in [5.74, 6) is -1.91. The van der Waals surface area contributed by atoms with Crippen molar-refractivity contribution >= 4 is 18.9 Å². The molecule has 7 heteroatoms. The summed E-state index contributed by atoms with van der Waals surface area (Å²) in [4.78, 5) is 24.4. The first-order valence-electron chi connectivity index (χ1n) is 11.5. The van der Waals surface area contributed by atoms with Gasteiger partial charge in [-0.05, 0) is 25.7 Å². The van der Waals surface area contributed by atoms with Gasteiger partial charge in [0.05, 0.1) is 0 Å². The third kappa shape index (κ3) is 4.36. The van der Waals surface area contributed by atoms with Crippen molar-refractivity contribution in [2.45, 2.75) is 75.8 Å². The van der Waals surface area contributed by atoms with Gasteiger partial charge in [0, 0.05) is 36.1 Å². The van der Waals surface area contributed by atoms with Gasteiger partial charge in [-0.15, -0.1) is 0 Å². The lowest BCUT2D eigenvalue weighted by Gasteiger charge is -2.37. The van der Waals surface area contributed by atoms with Gasteiger partial charge in [-0.25, -0.2) is 18.9 Å². The lowest BCUT2D eigenvalue weighted by atomic mass is 9.94. The molecule has 1 heterocycles. The zero-order valence-corrected chi connectivity index (χ0v) is 18.8. The van der Waals surface area contributed by atoms with E-state index in [0.717, 1.165) is 48.9 Å². The number of rotatable bonds is 2. The van der Waals surface area contributed by atoms with Crippen LogP contribution in [0.2, 0.25) is 0 Å². The highest BCUT2D eigenvalue weighted by Crippen LogP contribution is 2.41. The third-order valence-electron chi connectivity index (χ3n) is 6.51. The summed E-state index contributed by atoms with van der Waals surface area (Å²) in [6.45, 7) is 0. The minimum absolute atomic E-state index is 0.705. The van der Waals surface area contributed by atoms with Crippen LogP contribution in [0, 0.1) is 0 Å². The van der Waals surface area contributed by atoms with Gasteiger partial charge >= 0.3 is 8.56 Å². The molecule has 1 aliphatic heterocycles. The highest BCUT2D eigenvalue weighted by Gasteiger charge is 2.54. The summed E-state index contributed by atoms with van der Waals surface area (Å²) in [5.41, 5.74) is 0. The van der Waals surface area contributed by atoms with Gasteiger partial charge in [0.2, 0.25) is 11.6 Å². The van der Waals surface area contributed by atoms with E-state index in [1.54, 1.807) is 0 Å². The second-order valence-electron chi connectivity index (χ2n) is 8.79. The molecule has 0 atom stereocenters. The first-order chi connectivity index (χ1) is 15.2. The first-order valence-corrected chi connectivity index (χ1v) is 13.3. The van der Waals surface area contributed by atoms with E-state index in [9.17, 15) is 0 Å². The summed E-state index contributed by atoms with van der Waals surface area (Å²) in [5, 5.41) is 1.81. The van der Waals surface area contributed by atoms with Gasteiger partial charge < -0.3 is 0 Å². The SMILES string of the molecule is c1ccc([Si]2(c3ccccc3)OOC3(CCCCC3)OOC3(CCCCC3)OO2)cc1. The number of hydrogen-bond donors (Lipinski definition) is 0. The molecule has 166 valence electrons. The van der Waals surface area contributed by atoms with Gasteiger partial charge in [0.25, 0.3) is 0 Å². The van der Waals surface area contributed by atoms with E-state index in [4.69, 9.17) is 28.7 Å². The molecule has 5 rings (SSSR count). The Morgan fingerprint density at radius 3 is 1.26 bits per heavy atom. The summed E-state index contributed by atoms with van der Waals surface area (Å²) in [7, 11) is -3.37. The van der Waals surface area contributed by atoms with E-state index in [1.165, 1.54) is 0 Å². The van der Waals surface area contributed by atoms with Crippen LogP contribution in [-0.4, -0.2) is 20.1 Å². The first kappa shape index (κ1) is 21.3. The molecule has 2 spiro atoms. The van der Waals surface area contributed by atoms with Crippen molar-refractivity contribution in [3.05, 3.63) is 60.7 Å². The van der Waals surface area contributed by atoms with Crippen LogP contribution in [-0.2, 0) is 28.7 Å². The minimum Gasteiger partial charge on any atom is -0.234 e. The van der Waals surface area contributed by atoms with Crippen molar-refractivity contribution in [1.29, 1.82) is 0 Å². The average Bonchev–Trinajstić information content (AvgIpc) is 2.91.